The number of rotatable bonds is 4. The lowest BCUT2D eigenvalue weighted by Gasteiger charge is -2.23. The van der Waals surface area contributed by atoms with E-state index in [0.717, 1.165) is 0 Å². The molecule has 1 aliphatic heterocycles. The van der Waals surface area contributed by atoms with Crippen LogP contribution in [0.1, 0.15) is 24.4 Å². The van der Waals surface area contributed by atoms with Gasteiger partial charge in [0.05, 0.1) is 7.11 Å². The molecule has 1 aliphatic rings. The Hall–Kier alpha value is -2.25. The third-order valence-electron chi connectivity index (χ3n) is 3.37. The van der Waals surface area contributed by atoms with Crippen LogP contribution in [0.5, 0.6) is 5.75 Å². The number of carbonyl (C=O) groups is 2. The molecule has 22 heavy (non-hydrogen) atoms. The van der Waals surface area contributed by atoms with Gasteiger partial charge in [0, 0.05) is 6.42 Å². The van der Waals surface area contributed by atoms with Crippen molar-refractivity contribution in [2.45, 2.75) is 31.1 Å². The normalized spacial score (nSPS) is 19.5. The predicted octanol–water partition coefficient (Wildman–Crippen LogP) is 1.69. The first-order valence-corrected chi connectivity index (χ1v) is 6.61. The average molecular weight is 316 g/mol. The van der Waals surface area contributed by atoms with Gasteiger partial charge in [0.2, 0.25) is 11.8 Å². The van der Waals surface area contributed by atoms with Crippen LogP contribution in [0, 0.1) is 0 Å². The maximum absolute atomic E-state index is 13.2. The summed E-state index contributed by atoms with van der Waals surface area (Å²) in [4.78, 5) is 22.9. The van der Waals surface area contributed by atoms with Gasteiger partial charge in [-0.25, -0.2) is 0 Å². The molecule has 0 saturated carbocycles. The summed E-state index contributed by atoms with van der Waals surface area (Å²) in [6, 6.07) is 2.20. The Balaban J connectivity index is 2.15. The third kappa shape index (κ3) is 3.69. The number of methoxy groups -OCH3 is 1. The Morgan fingerprint density at radius 3 is 2.45 bits per heavy atom. The van der Waals surface area contributed by atoms with E-state index in [0.29, 0.717) is 5.75 Å². The zero-order valence-electron chi connectivity index (χ0n) is 11.7. The molecule has 0 radical (unpaired) electrons. The largest absolute Gasteiger partial charge is 0.497 e. The van der Waals surface area contributed by atoms with E-state index in [1.54, 1.807) is 0 Å². The number of ether oxygens (including phenoxy) is 1. The molecule has 2 rings (SSSR count). The molecule has 2 amide bonds. The number of halogens is 3. The molecule has 2 atom stereocenters. The second-order valence-electron chi connectivity index (χ2n) is 4.92. The van der Waals surface area contributed by atoms with Crippen LogP contribution in [-0.4, -0.2) is 31.1 Å². The lowest BCUT2D eigenvalue weighted by molar-refractivity contribution is -0.164. The van der Waals surface area contributed by atoms with Gasteiger partial charge in [-0.2, -0.15) is 13.2 Å². The van der Waals surface area contributed by atoms with Crippen molar-refractivity contribution in [3.05, 3.63) is 29.8 Å². The summed E-state index contributed by atoms with van der Waals surface area (Å²) in [7, 11) is 1.40. The van der Waals surface area contributed by atoms with Crippen LogP contribution in [0.3, 0.4) is 0 Å². The molecule has 5 nitrogen and oxygen atoms in total. The first-order valence-electron chi connectivity index (χ1n) is 6.61. The molecule has 0 aromatic heterocycles. The van der Waals surface area contributed by atoms with Gasteiger partial charge in [0.15, 0.2) is 6.04 Å². The van der Waals surface area contributed by atoms with Gasteiger partial charge in [-0.3, -0.25) is 9.59 Å². The number of hydrogen-bond acceptors (Lipinski definition) is 3. The Labute approximate surface area is 124 Å². The van der Waals surface area contributed by atoms with Crippen molar-refractivity contribution >= 4 is 11.8 Å². The van der Waals surface area contributed by atoms with Crippen molar-refractivity contribution < 1.29 is 27.5 Å². The van der Waals surface area contributed by atoms with Crippen LogP contribution in [0.15, 0.2) is 24.3 Å². The molecular weight excluding hydrogens is 301 g/mol. The smallest absolute Gasteiger partial charge is 0.412 e. The molecule has 8 heteroatoms. The molecule has 1 fully saturated rings. The van der Waals surface area contributed by atoms with Crippen LogP contribution in [0.25, 0.3) is 0 Å². The van der Waals surface area contributed by atoms with Gasteiger partial charge < -0.3 is 15.4 Å². The first kappa shape index (κ1) is 16.1. The van der Waals surface area contributed by atoms with E-state index in [1.807, 2.05) is 5.32 Å². The maximum atomic E-state index is 13.2. The van der Waals surface area contributed by atoms with Crippen molar-refractivity contribution in [1.82, 2.24) is 10.6 Å². The van der Waals surface area contributed by atoms with E-state index in [4.69, 9.17) is 4.74 Å². The highest BCUT2D eigenvalue weighted by molar-refractivity contribution is 5.91. The summed E-state index contributed by atoms with van der Waals surface area (Å²) < 4.78 is 44.4. The number of carbonyl (C=O) groups excluding carboxylic acids is 2. The molecule has 1 saturated heterocycles. The van der Waals surface area contributed by atoms with Crippen LogP contribution >= 0.6 is 0 Å². The van der Waals surface area contributed by atoms with Crippen LogP contribution in [0.4, 0.5) is 13.2 Å². The molecule has 1 aromatic carbocycles. The van der Waals surface area contributed by atoms with Gasteiger partial charge in [-0.05, 0) is 24.1 Å². The molecule has 0 spiro atoms. The molecule has 0 aliphatic carbocycles. The number of amides is 2. The van der Waals surface area contributed by atoms with Crippen molar-refractivity contribution in [2.75, 3.05) is 7.11 Å². The summed E-state index contributed by atoms with van der Waals surface area (Å²) >= 11 is 0. The van der Waals surface area contributed by atoms with Gasteiger partial charge >= 0.3 is 6.18 Å². The molecule has 2 unspecified atom stereocenters. The minimum atomic E-state index is -4.65. The number of alkyl halides is 3. The highest BCUT2D eigenvalue weighted by atomic mass is 19.4. The minimum Gasteiger partial charge on any atom is -0.497 e. The van der Waals surface area contributed by atoms with Crippen molar-refractivity contribution in [1.29, 1.82) is 0 Å². The summed E-state index contributed by atoms with van der Waals surface area (Å²) in [6.07, 6.45) is -4.32. The SMILES string of the molecule is COc1ccc(C(NC(=O)C2CCC(=O)N2)C(F)(F)F)cc1. The van der Waals surface area contributed by atoms with E-state index >= 15 is 0 Å². The molecule has 120 valence electrons. The van der Waals surface area contributed by atoms with E-state index in [2.05, 4.69) is 5.32 Å². The Morgan fingerprint density at radius 1 is 1.36 bits per heavy atom. The van der Waals surface area contributed by atoms with E-state index in [9.17, 15) is 22.8 Å². The molecule has 1 aromatic rings. The minimum absolute atomic E-state index is 0.106. The first-order chi connectivity index (χ1) is 10.3. The van der Waals surface area contributed by atoms with Gasteiger partial charge in [0.1, 0.15) is 11.8 Å². The van der Waals surface area contributed by atoms with Crippen LogP contribution < -0.4 is 15.4 Å². The summed E-state index contributed by atoms with van der Waals surface area (Å²) in [6.45, 7) is 0. The average Bonchev–Trinajstić information content (AvgIpc) is 2.90. The summed E-state index contributed by atoms with van der Waals surface area (Å²) in [5.74, 6) is -0.767. The molecule has 2 N–H and O–H groups in total. The fourth-order valence-corrected chi connectivity index (χ4v) is 2.20. The standard InChI is InChI=1S/C14H15F3N2O3/c1-22-9-4-2-8(3-5-9)12(14(15,16)17)19-13(21)10-6-7-11(20)18-10/h2-5,10,12H,6-7H2,1H3,(H,18,20)(H,19,21). The van der Waals surface area contributed by atoms with E-state index < -0.39 is 24.2 Å². The van der Waals surface area contributed by atoms with E-state index in [-0.39, 0.29) is 24.3 Å². The Bertz CT molecular complexity index is 557. The fraction of sp³-hybridized carbons (Fsp3) is 0.429. The second kappa shape index (κ2) is 6.25. The third-order valence-corrected chi connectivity index (χ3v) is 3.37. The van der Waals surface area contributed by atoms with Crippen molar-refractivity contribution in [3.8, 4) is 5.75 Å². The summed E-state index contributed by atoms with van der Waals surface area (Å²) in [5.41, 5.74) is -0.106. The monoisotopic (exact) mass is 316 g/mol. The van der Waals surface area contributed by atoms with Crippen LogP contribution in [-0.2, 0) is 9.59 Å². The van der Waals surface area contributed by atoms with Crippen molar-refractivity contribution in [2.24, 2.45) is 0 Å². The van der Waals surface area contributed by atoms with E-state index in [1.165, 1.54) is 31.4 Å². The lowest BCUT2D eigenvalue weighted by atomic mass is 10.1. The predicted molar refractivity (Wildman–Crippen MR) is 71.1 cm³/mol. The number of benzene rings is 1. The van der Waals surface area contributed by atoms with Crippen LogP contribution in [0.2, 0.25) is 0 Å². The lowest BCUT2D eigenvalue weighted by Crippen LogP contribution is -2.46. The zero-order chi connectivity index (χ0) is 16.3. The van der Waals surface area contributed by atoms with Gasteiger partial charge in [-0.15, -0.1) is 0 Å². The van der Waals surface area contributed by atoms with Crippen molar-refractivity contribution in [3.63, 3.8) is 0 Å². The Kier molecular flexibility index (Phi) is 4.58. The number of hydrogen-bond donors (Lipinski definition) is 2. The van der Waals surface area contributed by atoms with Gasteiger partial charge in [0.25, 0.3) is 0 Å². The highest BCUT2D eigenvalue weighted by Crippen LogP contribution is 2.33. The Morgan fingerprint density at radius 2 is 2.00 bits per heavy atom. The van der Waals surface area contributed by atoms with Gasteiger partial charge in [-0.1, -0.05) is 12.1 Å². The second-order valence-corrected chi connectivity index (χ2v) is 4.92. The molecular formula is C14H15F3N2O3. The topological polar surface area (TPSA) is 67.4 Å². The fourth-order valence-electron chi connectivity index (χ4n) is 2.20. The molecule has 1 heterocycles. The maximum Gasteiger partial charge on any atom is 0.412 e. The number of nitrogens with one attached hydrogen (secondary N) is 2. The quantitative estimate of drug-likeness (QED) is 0.888. The molecule has 0 bridgehead atoms. The zero-order valence-corrected chi connectivity index (χ0v) is 11.7. The highest BCUT2D eigenvalue weighted by Gasteiger charge is 2.43. The summed E-state index contributed by atoms with van der Waals surface area (Å²) in [5, 5.41) is 4.30.